The van der Waals surface area contributed by atoms with Crippen LogP contribution in [0.1, 0.15) is 6.92 Å². The molecule has 0 bridgehead atoms. The van der Waals surface area contributed by atoms with Crippen molar-refractivity contribution in [1.82, 2.24) is 15.2 Å². The fraction of sp³-hybridized carbons (Fsp3) is 0.316. The molecule has 1 aromatic heterocycles. The number of fused-ring (bicyclic) bond motifs is 3. The van der Waals surface area contributed by atoms with Gasteiger partial charge < -0.3 is 25.4 Å². The highest BCUT2D eigenvalue weighted by Crippen LogP contribution is 2.30. The van der Waals surface area contributed by atoms with Gasteiger partial charge in [-0.15, -0.1) is 0 Å². The summed E-state index contributed by atoms with van der Waals surface area (Å²) in [7, 11) is 0. The van der Waals surface area contributed by atoms with Gasteiger partial charge in [0.15, 0.2) is 0 Å². The monoisotopic (exact) mass is 377 g/mol. The molecule has 1 amide bonds. The molecule has 4 N–H and O–H groups in total. The molecule has 0 radical (unpaired) electrons. The van der Waals surface area contributed by atoms with Gasteiger partial charge in [0.25, 0.3) is 0 Å². The third-order valence-corrected chi connectivity index (χ3v) is 4.38. The number of hydrogen-bond acceptors (Lipinski definition) is 3. The van der Waals surface area contributed by atoms with Crippen LogP contribution >= 0.6 is 0 Å². The zero-order valence-corrected chi connectivity index (χ0v) is 14.7. The summed E-state index contributed by atoms with van der Waals surface area (Å²) in [6.07, 6.45) is -1.87. The molecule has 0 saturated carbocycles. The van der Waals surface area contributed by atoms with E-state index in [9.17, 15) is 18.7 Å². The summed E-state index contributed by atoms with van der Waals surface area (Å²) in [4.78, 5) is 10.6. The van der Waals surface area contributed by atoms with E-state index in [0.717, 1.165) is 0 Å². The Morgan fingerprint density at radius 2 is 1.63 bits per heavy atom. The highest BCUT2D eigenvalue weighted by atomic mass is 19.1. The normalized spacial score (nSPS) is 13.8. The number of amides is 1. The maximum Gasteiger partial charge on any atom is 0.404 e. The topological polar surface area (TPSA) is 86.5 Å². The Morgan fingerprint density at radius 3 is 2.15 bits per heavy atom. The van der Waals surface area contributed by atoms with E-state index in [-0.39, 0.29) is 19.1 Å². The standard InChI is InChI=1S/C19H21F2N3O3/c1-11(23-19(26)27)8-22-9-14(25)10-24-17-4-2-12(20)6-15(17)16-7-13(21)3-5-18(16)24/h2-7,11,14,22-23,25H,8-10H2,1H3,(H,26,27)/t11-,14+/m1/s1. The molecule has 0 aliphatic carbocycles. The first-order chi connectivity index (χ1) is 12.8. The largest absolute Gasteiger partial charge is 0.465 e. The maximum absolute atomic E-state index is 13.7. The van der Waals surface area contributed by atoms with Crippen molar-refractivity contribution in [2.75, 3.05) is 13.1 Å². The molecule has 8 heteroatoms. The van der Waals surface area contributed by atoms with Crippen molar-refractivity contribution in [2.24, 2.45) is 0 Å². The Labute approximate surface area is 154 Å². The quantitative estimate of drug-likeness (QED) is 0.510. The predicted octanol–water partition coefficient (Wildman–Crippen LogP) is 2.68. The molecule has 0 aliphatic rings. The SMILES string of the molecule is C[C@H](CNC[C@H](O)Cn1c2ccc(F)cc2c2cc(F)ccc21)NC(=O)O. The van der Waals surface area contributed by atoms with Gasteiger partial charge >= 0.3 is 6.09 Å². The molecule has 27 heavy (non-hydrogen) atoms. The summed E-state index contributed by atoms with van der Waals surface area (Å²) in [6, 6.07) is 8.31. The molecule has 6 nitrogen and oxygen atoms in total. The van der Waals surface area contributed by atoms with E-state index in [1.54, 1.807) is 19.1 Å². The third kappa shape index (κ3) is 4.35. The van der Waals surface area contributed by atoms with Gasteiger partial charge in [-0.3, -0.25) is 0 Å². The van der Waals surface area contributed by atoms with Crippen LogP contribution in [0.15, 0.2) is 36.4 Å². The van der Waals surface area contributed by atoms with Crippen molar-refractivity contribution in [3.63, 3.8) is 0 Å². The lowest BCUT2D eigenvalue weighted by molar-refractivity contribution is 0.153. The molecular formula is C19H21F2N3O3. The number of carbonyl (C=O) groups is 1. The van der Waals surface area contributed by atoms with Crippen LogP contribution in [-0.2, 0) is 6.54 Å². The Morgan fingerprint density at radius 1 is 1.07 bits per heavy atom. The predicted molar refractivity (Wildman–Crippen MR) is 98.9 cm³/mol. The summed E-state index contributed by atoms with van der Waals surface area (Å²) in [5, 5.41) is 25.5. The van der Waals surface area contributed by atoms with Gasteiger partial charge in [-0.2, -0.15) is 0 Å². The zero-order chi connectivity index (χ0) is 19.6. The van der Waals surface area contributed by atoms with Crippen LogP contribution in [0.25, 0.3) is 21.8 Å². The van der Waals surface area contributed by atoms with Gasteiger partial charge in [0.2, 0.25) is 0 Å². The molecule has 3 aromatic rings. The molecule has 0 aliphatic heterocycles. The first-order valence-electron chi connectivity index (χ1n) is 8.60. The number of aliphatic hydroxyl groups is 1. The molecule has 0 saturated heterocycles. The van der Waals surface area contributed by atoms with Gasteiger partial charge in [0.05, 0.1) is 12.6 Å². The minimum atomic E-state index is -1.10. The highest BCUT2D eigenvalue weighted by Gasteiger charge is 2.15. The van der Waals surface area contributed by atoms with Crippen LogP contribution in [0.3, 0.4) is 0 Å². The maximum atomic E-state index is 13.7. The Bertz CT molecular complexity index is 914. The zero-order valence-electron chi connectivity index (χ0n) is 14.7. The Balaban J connectivity index is 1.78. The highest BCUT2D eigenvalue weighted by molar-refractivity contribution is 6.08. The van der Waals surface area contributed by atoms with Crippen molar-refractivity contribution in [1.29, 1.82) is 0 Å². The van der Waals surface area contributed by atoms with Crippen molar-refractivity contribution in [2.45, 2.75) is 25.6 Å². The van der Waals surface area contributed by atoms with E-state index in [0.29, 0.717) is 28.4 Å². The average molecular weight is 377 g/mol. The van der Waals surface area contributed by atoms with Crippen LogP contribution in [0.5, 0.6) is 0 Å². The molecule has 0 fully saturated rings. The van der Waals surface area contributed by atoms with E-state index in [4.69, 9.17) is 5.11 Å². The number of carboxylic acid groups (broad SMARTS) is 1. The first kappa shape index (κ1) is 19.1. The first-order valence-corrected chi connectivity index (χ1v) is 8.60. The minimum Gasteiger partial charge on any atom is -0.465 e. The van der Waals surface area contributed by atoms with E-state index >= 15 is 0 Å². The summed E-state index contributed by atoms with van der Waals surface area (Å²) >= 11 is 0. The van der Waals surface area contributed by atoms with E-state index in [1.807, 2.05) is 4.57 Å². The second-order valence-electron chi connectivity index (χ2n) is 6.60. The second-order valence-corrected chi connectivity index (χ2v) is 6.60. The van der Waals surface area contributed by atoms with Gasteiger partial charge in [0, 0.05) is 40.9 Å². The number of aromatic nitrogens is 1. The van der Waals surface area contributed by atoms with Gasteiger partial charge in [0.1, 0.15) is 11.6 Å². The molecule has 0 unspecified atom stereocenters. The van der Waals surface area contributed by atoms with Crippen LogP contribution in [0, 0.1) is 11.6 Å². The molecule has 3 rings (SSSR count). The fourth-order valence-corrected chi connectivity index (χ4v) is 3.25. The lowest BCUT2D eigenvalue weighted by atomic mass is 10.1. The third-order valence-electron chi connectivity index (χ3n) is 4.38. The van der Waals surface area contributed by atoms with Gasteiger partial charge in [-0.1, -0.05) is 0 Å². The number of benzene rings is 2. The number of rotatable bonds is 7. The smallest absolute Gasteiger partial charge is 0.404 e. The molecule has 2 aromatic carbocycles. The molecule has 0 spiro atoms. The van der Waals surface area contributed by atoms with E-state index in [1.165, 1.54) is 24.3 Å². The van der Waals surface area contributed by atoms with Crippen LogP contribution in [-0.4, -0.2) is 46.1 Å². The molecule has 2 atom stereocenters. The van der Waals surface area contributed by atoms with Crippen molar-refractivity contribution < 1.29 is 23.8 Å². The van der Waals surface area contributed by atoms with Crippen LogP contribution < -0.4 is 10.6 Å². The number of nitrogens with zero attached hydrogens (tertiary/aromatic N) is 1. The van der Waals surface area contributed by atoms with Crippen molar-refractivity contribution in [3.05, 3.63) is 48.0 Å². The molecule has 1 heterocycles. The number of aliphatic hydroxyl groups excluding tert-OH is 1. The van der Waals surface area contributed by atoms with E-state index in [2.05, 4.69) is 10.6 Å². The Kier molecular flexibility index (Phi) is 5.57. The average Bonchev–Trinajstić information content (AvgIpc) is 2.87. The number of hydrogen-bond donors (Lipinski definition) is 4. The minimum absolute atomic E-state index is 0.227. The van der Waals surface area contributed by atoms with Crippen molar-refractivity contribution >= 4 is 27.9 Å². The van der Waals surface area contributed by atoms with E-state index < -0.39 is 23.8 Å². The lowest BCUT2D eigenvalue weighted by Gasteiger charge is -2.17. The summed E-state index contributed by atoms with van der Waals surface area (Å²) in [5.74, 6) is -0.819. The van der Waals surface area contributed by atoms with Gasteiger partial charge in [-0.25, -0.2) is 13.6 Å². The van der Waals surface area contributed by atoms with Gasteiger partial charge in [-0.05, 0) is 43.3 Å². The summed E-state index contributed by atoms with van der Waals surface area (Å²) in [5.41, 5.74) is 1.41. The van der Waals surface area contributed by atoms with Crippen LogP contribution in [0.2, 0.25) is 0 Å². The number of halogens is 2. The second kappa shape index (κ2) is 7.89. The van der Waals surface area contributed by atoms with Crippen LogP contribution in [0.4, 0.5) is 13.6 Å². The number of nitrogens with one attached hydrogen (secondary N) is 2. The fourth-order valence-electron chi connectivity index (χ4n) is 3.25. The summed E-state index contributed by atoms with van der Waals surface area (Å²) < 4.78 is 29.1. The molecular weight excluding hydrogens is 356 g/mol. The lowest BCUT2D eigenvalue weighted by Crippen LogP contribution is -2.41. The van der Waals surface area contributed by atoms with Crippen molar-refractivity contribution in [3.8, 4) is 0 Å². The molecule has 144 valence electrons. The summed E-state index contributed by atoms with van der Waals surface area (Å²) in [6.45, 7) is 2.55. The Hall–Kier alpha value is -2.71.